The number of hydrogen-bond donors (Lipinski definition) is 0. The second-order valence-corrected chi connectivity index (χ2v) is 17.9. The summed E-state index contributed by atoms with van der Waals surface area (Å²) < 4.78 is 18.0. The smallest absolute Gasteiger partial charge is 0.188 e. The first-order valence-electron chi connectivity index (χ1n) is 23.0. The number of benzene rings is 8. The van der Waals surface area contributed by atoms with E-state index in [1.807, 2.05) is 91.3 Å². The van der Waals surface area contributed by atoms with Crippen LogP contribution in [0.25, 0.3) is 71.2 Å². The highest BCUT2D eigenvalue weighted by Gasteiger charge is 2.53. The second kappa shape index (κ2) is 14.0. The number of fused-ring (bicyclic) bond motifs is 17. The average molecular weight is 896 g/mol. The fraction of sp³-hybridized carbons (Fsp3) is 0.0164. The van der Waals surface area contributed by atoms with E-state index in [0.29, 0.717) is 11.3 Å². The van der Waals surface area contributed by atoms with E-state index in [2.05, 4.69) is 134 Å². The van der Waals surface area contributed by atoms with Gasteiger partial charge < -0.3 is 23.5 Å². The van der Waals surface area contributed by atoms with E-state index in [1.54, 1.807) is 0 Å². The maximum atomic E-state index is 10.0. The Labute approximate surface area is 400 Å². The molecule has 9 heteroatoms. The summed E-state index contributed by atoms with van der Waals surface area (Å²) in [5.41, 5.74) is 13.9. The highest BCUT2D eigenvalue weighted by atomic mass is 16.5. The Hall–Kier alpha value is -9.96. The summed E-state index contributed by atoms with van der Waals surface area (Å²) in [7, 11) is 0. The van der Waals surface area contributed by atoms with Crippen LogP contribution < -0.4 is 14.4 Å². The third-order valence-electron chi connectivity index (χ3n) is 14.5. The Morgan fingerprint density at radius 3 is 1.61 bits per heavy atom. The number of pyridine rings is 2. The number of hydrogen-bond acceptors (Lipinski definition) is 6. The summed E-state index contributed by atoms with van der Waals surface area (Å²) in [5, 5.41) is 14.1. The van der Waals surface area contributed by atoms with Crippen LogP contribution in [-0.2, 0) is 5.41 Å². The molecule has 0 saturated carbocycles. The molecule has 1 aliphatic carbocycles. The van der Waals surface area contributed by atoms with Crippen molar-refractivity contribution < 1.29 is 9.47 Å². The monoisotopic (exact) mass is 895 g/mol. The van der Waals surface area contributed by atoms with E-state index in [0.717, 1.165) is 129 Å². The van der Waals surface area contributed by atoms with Crippen molar-refractivity contribution in [2.24, 2.45) is 0 Å². The second-order valence-electron chi connectivity index (χ2n) is 17.9. The van der Waals surface area contributed by atoms with Gasteiger partial charge in [0.2, 0.25) is 0 Å². The number of para-hydroxylation sites is 7. The Morgan fingerprint density at radius 2 is 0.971 bits per heavy atom. The number of rotatable bonds is 3. The normalized spacial score (nSPS) is 14.8. The van der Waals surface area contributed by atoms with Crippen molar-refractivity contribution in [1.29, 1.82) is 5.26 Å². The molecule has 4 aromatic heterocycles. The summed E-state index contributed by atoms with van der Waals surface area (Å²) in [5.74, 6) is 2.98. The van der Waals surface area contributed by atoms with Crippen LogP contribution in [0.1, 0.15) is 27.8 Å². The standard InChI is InChI=1S/C61H33N7O2/c1-63-37-23-26-52-44(29-37)43-28-36(33-62)22-25-51(43)68(52)40-32-48-60(65-35-40)59-47(31-39(34-64-59)67-49-15-5-2-12-41(49)42-13-3-6-16-50(42)67)61(48)45-14-4-9-19-55(45)69-56-27-24-38(30-46(56)61)66-53-17-7-10-20-57(53)70-58-21-11-8-18-54(58)66/h2-32,34-35H. The number of aromatic nitrogens is 4. The molecule has 9 nitrogen and oxygen atoms in total. The third-order valence-corrected chi connectivity index (χ3v) is 14.5. The van der Waals surface area contributed by atoms with E-state index in [9.17, 15) is 5.26 Å². The fourth-order valence-corrected chi connectivity index (χ4v) is 11.6. The van der Waals surface area contributed by atoms with E-state index in [4.69, 9.17) is 26.0 Å². The topological polar surface area (TPSA) is 85.5 Å². The maximum Gasteiger partial charge on any atom is 0.188 e. The lowest BCUT2D eigenvalue weighted by atomic mass is 9.66. The first-order valence-corrected chi connectivity index (χ1v) is 23.0. The Kier molecular flexibility index (Phi) is 7.65. The molecule has 0 amide bonds. The van der Waals surface area contributed by atoms with Crippen molar-refractivity contribution in [3.63, 3.8) is 0 Å². The van der Waals surface area contributed by atoms with Crippen molar-refractivity contribution in [1.82, 2.24) is 19.1 Å². The lowest BCUT2D eigenvalue weighted by Crippen LogP contribution is -2.33. The molecule has 324 valence electrons. The van der Waals surface area contributed by atoms with E-state index in [1.165, 1.54) is 0 Å². The van der Waals surface area contributed by atoms with Crippen LogP contribution in [0.15, 0.2) is 200 Å². The molecule has 0 fully saturated rings. The lowest BCUT2D eigenvalue weighted by molar-refractivity contribution is 0.436. The van der Waals surface area contributed by atoms with Crippen molar-refractivity contribution in [3.05, 3.63) is 240 Å². The van der Waals surface area contributed by atoms with Gasteiger partial charge in [-0.15, -0.1) is 0 Å². The van der Waals surface area contributed by atoms with E-state index >= 15 is 0 Å². The average Bonchev–Trinajstić information content (AvgIpc) is 4.03. The van der Waals surface area contributed by atoms with Crippen LogP contribution in [0.3, 0.4) is 0 Å². The minimum atomic E-state index is -1.01. The molecular formula is C61H33N7O2. The zero-order valence-electron chi connectivity index (χ0n) is 37.0. The molecule has 1 spiro atoms. The molecule has 3 aliphatic rings. The fourth-order valence-electron chi connectivity index (χ4n) is 11.6. The number of ether oxygens (including phenoxy) is 2. The molecule has 2 aliphatic heterocycles. The van der Waals surface area contributed by atoms with Gasteiger partial charge >= 0.3 is 0 Å². The zero-order chi connectivity index (χ0) is 46.2. The highest BCUT2D eigenvalue weighted by molar-refractivity contribution is 6.11. The number of nitrogens with zero attached hydrogens (tertiary/aromatic N) is 7. The van der Waals surface area contributed by atoms with Gasteiger partial charge in [-0.2, -0.15) is 5.26 Å². The molecule has 0 radical (unpaired) electrons. The molecule has 70 heavy (non-hydrogen) atoms. The molecule has 0 N–H and O–H groups in total. The third kappa shape index (κ3) is 5.02. The molecule has 15 rings (SSSR count). The van der Waals surface area contributed by atoms with Crippen molar-refractivity contribution in [2.75, 3.05) is 4.90 Å². The largest absolute Gasteiger partial charge is 0.457 e. The molecule has 0 saturated heterocycles. The minimum absolute atomic E-state index is 0.525. The van der Waals surface area contributed by atoms with Gasteiger partial charge in [0.05, 0.1) is 92.2 Å². The predicted molar refractivity (Wildman–Crippen MR) is 274 cm³/mol. The van der Waals surface area contributed by atoms with Crippen LogP contribution in [0.5, 0.6) is 23.0 Å². The zero-order valence-corrected chi connectivity index (χ0v) is 37.0. The van der Waals surface area contributed by atoms with Crippen molar-refractivity contribution in [2.45, 2.75) is 5.41 Å². The molecule has 1 atom stereocenters. The van der Waals surface area contributed by atoms with Crippen LogP contribution >= 0.6 is 0 Å². The summed E-state index contributed by atoms with van der Waals surface area (Å²) in [4.78, 5) is 16.9. The van der Waals surface area contributed by atoms with Gasteiger partial charge in [0, 0.05) is 44.1 Å². The molecular weight excluding hydrogens is 863 g/mol. The van der Waals surface area contributed by atoms with Crippen LogP contribution in [-0.4, -0.2) is 19.1 Å². The van der Waals surface area contributed by atoms with Crippen LogP contribution in [0, 0.1) is 17.9 Å². The van der Waals surface area contributed by atoms with E-state index in [-0.39, 0.29) is 0 Å². The molecule has 8 aromatic carbocycles. The van der Waals surface area contributed by atoms with Gasteiger partial charge in [0.1, 0.15) is 11.5 Å². The Balaban J connectivity index is 1.06. The van der Waals surface area contributed by atoms with Gasteiger partial charge in [0.25, 0.3) is 0 Å². The van der Waals surface area contributed by atoms with Crippen LogP contribution in [0.2, 0.25) is 0 Å². The molecule has 1 unspecified atom stereocenters. The molecule has 12 aromatic rings. The molecule has 0 bridgehead atoms. The summed E-state index contributed by atoms with van der Waals surface area (Å²) >= 11 is 0. The lowest BCUT2D eigenvalue weighted by Gasteiger charge is -2.40. The van der Waals surface area contributed by atoms with Crippen molar-refractivity contribution >= 4 is 66.4 Å². The summed E-state index contributed by atoms with van der Waals surface area (Å²) in [6.45, 7) is 7.87. The first kappa shape index (κ1) is 38.2. The highest BCUT2D eigenvalue weighted by Crippen LogP contribution is 2.63. The van der Waals surface area contributed by atoms with Gasteiger partial charge in [-0.05, 0) is 109 Å². The Bertz CT molecular complexity index is 4210. The van der Waals surface area contributed by atoms with Crippen LogP contribution in [0.4, 0.5) is 22.7 Å². The maximum absolute atomic E-state index is 10.0. The number of nitriles is 1. The SMILES string of the molecule is [C-]#[N+]c1ccc2c(c1)c1cc(C#N)ccc1n2-c1cnc2c(c1)C1(c3ccccc3Oc3ccc(N4c5ccccc5Oc5ccccc54)cc31)c1cc(-n3c4ccccc4c4ccccc43)cnc1-2. The number of anilines is 3. The van der Waals surface area contributed by atoms with Crippen molar-refractivity contribution in [3.8, 4) is 51.8 Å². The Morgan fingerprint density at radius 1 is 0.457 bits per heavy atom. The van der Waals surface area contributed by atoms with Gasteiger partial charge in [0.15, 0.2) is 17.2 Å². The van der Waals surface area contributed by atoms with Gasteiger partial charge in [-0.1, -0.05) is 84.9 Å². The predicted octanol–water partition coefficient (Wildman–Crippen LogP) is 15.1. The summed E-state index contributed by atoms with van der Waals surface area (Å²) in [6, 6.07) is 66.6. The summed E-state index contributed by atoms with van der Waals surface area (Å²) in [6.07, 6.45) is 3.91. The van der Waals surface area contributed by atoms with Gasteiger partial charge in [-0.3, -0.25) is 9.97 Å². The first-order chi connectivity index (χ1) is 34.6. The van der Waals surface area contributed by atoms with E-state index < -0.39 is 5.41 Å². The minimum Gasteiger partial charge on any atom is -0.457 e. The molecule has 6 heterocycles. The quantitative estimate of drug-likeness (QED) is 0.164. The van der Waals surface area contributed by atoms with Gasteiger partial charge in [-0.25, -0.2) is 4.85 Å².